The van der Waals surface area contributed by atoms with Crippen molar-refractivity contribution in [2.75, 3.05) is 24.6 Å². The first-order chi connectivity index (χ1) is 8.20. The number of nitrogens with two attached hydrogens (primary N) is 1. The minimum absolute atomic E-state index is 0.0695. The van der Waals surface area contributed by atoms with Crippen molar-refractivity contribution < 1.29 is 5.11 Å². The fraction of sp³-hybridized carbons (Fsp3) is 0.462. The molecular formula is C13H21N3O. The van der Waals surface area contributed by atoms with Crippen molar-refractivity contribution in [2.24, 2.45) is 5.73 Å². The molecule has 4 nitrogen and oxygen atoms in total. The number of hydrogen-bond acceptors (Lipinski definition) is 3. The van der Waals surface area contributed by atoms with E-state index in [2.05, 4.69) is 11.8 Å². The van der Waals surface area contributed by atoms with Gasteiger partial charge in [-0.25, -0.2) is 0 Å². The Morgan fingerprint density at radius 1 is 1.35 bits per heavy atom. The molecule has 0 aliphatic carbocycles. The monoisotopic (exact) mass is 235 g/mol. The number of nitrogens with one attached hydrogen (secondary N) is 1. The minimum Gasteiger partial charge on any atom is -0.395 e. The Bertz CT molecular complexity index is 365. The van der Waals surface area contributed by atoms with Crippen LogP contribution in [0.1, 0.15) is 25.3 Å². The van der Waals surface area contributed by atoms with E-state index in [-0.39, 0.29) is 12.4 Å². The fourth-order valence-corrected chi connectivity index (χ4v) is 1.80. The van der Waals surface area contributed by atoms with Gasteiger partial charge >= 0.3 is 0 Å². The van der Waals surface area contributed by atoms with Gasteiger partial charge in [-0.05, 0) is 18.6 Å². The number of hydrogen-bond donors (Lipinski definition) is 3. The highest BCUT2D eigenvalue weighted by Gasteiger charge is 2.11. The third-order valence-electron chi connectivity index (χ3n) is 2.69. The average Bonchev–Trinajstić information content (AvgIpc) is 2.34. The standard InChI is InChI=1S/C13H21N3O/c1-2-3-8-16(9-10-17)12-7-5-4-6-11(12)13(14)15/h4-7,17H,2-3,8-10H2,1H3,(H3,14,15). The highest BCUT2D eigenvalue weighted by molar-refractivity contribution is 6.00. The van der Waals surface area contributed by atoms with Gasteiger partial charge < -0.3 is 15.7 Å². The van der Waals surface area contributed by atoms with Gasteiger partial charge in [0.2, 0.25) is 0 Å². The molecule has 0 bridgehead atoms. The number of nitrogens with zero attached hydrogens (tertiary/aromatic N) is 1. The van der Waals surface area contributed by atoms with E-state index in [0.717, 1.165) is 30.6 Å². The number of aliphatic hydroxyl groups is 1. The predicted octanol–water partition coefficient (Wildman–Crippen LogP) is 1.57. The maximum atomic E-state index is 9.10. The van der Waals surface area contributed by atoms with Crippen LogP contribution in [0.4, 0.5) is 5.69 Å². The molecule has 1 aromatic rings. The van der Waals surface area contributed by atoms with Crippen LogP contribution in [0.2, 0.25) is 0 Å². The lowest BCUT2D eigenvalue weighted by molar-refractivity contribution is 0.301. The second kappa shape index (κ2) is 6.91. The van der Waals surface area contributed by atoms with E-state index in [9.17, 15) is 0 Å². The van der Waals surface area contributed by atoms with Crippen molar-refractivity contribution in [1.82, 2.24) is 0 Å². The molecule has 0 saturated carbocycles. The lowest BCUT2D eigenvalue weighted by atomic mass is 10.1. The summed E-state index contributed by atoms with van der Waals surface area (Å²) < 4.78 is 0. The molecule has 0 atom stereocenters. The van der Waals surface area contributed by atoms with E-state index >= 15 is 0 Å². The lowest BCUT2D eigenvalue weighted by Crippen LogP contribution is -2.30. The zero-order valence-corrected chi connectivity index (χ0v) is 10.3. The molecule has 4 heteroatoms. The average molecular weight is 235 g/mol. The van der Waals surface area contributed by atoms with Crippen molar-refractivity contribution >= 4 is 11.5 Å². The molecular weight excluding hydrogens is 214 g/mol. The molecule has 0 radical (unpaired) electrons. The van der Waals surface area contributed by atoms with Crippen molar-refractivity contribution in [2.45, 2.75) is 19.8 Å². The Balaban J connectivity index is 2.95. The molecule has 1 rings (SSSR count). The largest absolute Gasteiger partial charge is 0.395 e. The molecule has 0 saturated heterocycles. The Labute approximate surface area is 103 Å². The third kappa shape index (κ3) is 3.75. The first-order valence-electron chi connectivity index (χ1n) is 6.00. The Morgan fingerprint density at radius 2 is 2.06 bits per heavy atom. The van der Waals surface area contributed by atoms with Crippen LogP contribution in [0.15, 0.2) is 24.3 Å². The summed E-state index contributed by atoms with van der Waals surface area (Å²) in [5.41, 5.74) is 7.24. The van der Waals surface area contributed by atoms with Crippen LogP contribution in [0.5, 0.6) is 0 Å². The molecule has 4 N–H and O–H groups in total. The second-order valence-electron chi connectivity index (χ2n) is 4.00. The van der Waals surface area contributed by atoms with E-state index in [0.29, 0.717) is 6.54 Å². The highest BCUT2D eigenvalue weighted by atomic mass is 16.3. The van der Waals surface area contributed by atoms with Crippen LogP contribution >= 0.6 is 0 Å². The van der Waals surface area contributed by atoms with Crippen LogP contribution in [0, 0.1) is 5.41 Å². The summed E-state index contributed by atoms with van der Waals surface area (Å²) in [6, 6.07) is 7.59. The van der Waals surface area contributed by atoms with Gasteiger partial charge in [0, 0.05) is 24.3 Å². The number of amidine groups is 1. The maximum Gasteiger partial charge on any atom is 0.124 e. The van der Waals surface area contributed by atoms with Crippen molar-refractivity contribution in [3.8, 4) is 0 Å². The van der Waals surface area contributed by atoms with Gasteiger partial charge in [0.15, 0.2) is 0 Å². The van der Waals surface area contributed by atoms with Gasteiger partial charge in [-0.15, -0.1) is 0 Å². The summed E-state index contributed by atoms with van der Waals surface area (Å²) in [5.74, 6) is 0.0695. The molecule has 17 heavy (non-hydrogen) atoms. The molecule has 0 aliphatic heterocycles. The smallest absolute Gasteiger partial charge is 0.124 e. The summed E-state index contributed by atoms with van der Waals surface area (Å²) in [7, 11) is 0. The first kappa shape index (κ1) is 13.5. The molecule has 0 unspecified atom stereocenters. The van der Waals surface area contributed by atoms with E-state index < -0.39 is 0 Å². The molecule has 1 aromatic carbocycles. The SMILES string of the molecule is CCCCN(CCO)c1ccccc1C(=N)N. The van der Waals surface area contributed by atoms with E-state index in [1.807, 2.05) is 24.3 Å². The highest BCUT2D eigenvalue weighted by Crippen LogP contribution is 2.20. The summed E-state index contributed by atoms with van der Waals surface area (Å²) >= 11 is 0. The van der Waals surface area contributed by atoms with Crippen molar-refractivity contribution in [3.05, 3.63) is 29.8 Å². The van der Waals surface area contributed by atoms with Gasteiger partial charge in [-0.2, -0.15) is 0 Å². The van der Waals surface area contributed by atoms with Gasteiger partial charge in [0.1, 0.15) is 5.84 Å². The number of benzene rings is 1. The maximum absolute atomic E-state index is 9.10. The molecule has 0 aliphatic rings. The van der Waals surface area contributed by atoms with Crippen molar-refractivity contribution in [1.29, 1.82) is 5.41 Å². The molecule has 0 spiro atoms. The second-order valence-corrected chi connectivity index (χ2v) is 4.00. The summed E-state index contributed by atoms with van der Waals surface area (Å²) in [4.78, 5) is 2.08. The lowest BCUT2D eigenvalue weighted by Gasteiger charge is -2.26. The van der Waals surface area contributed by atoms with E-state index in [1.165, 1.54) is 0 Å². The zero-order chi connectivity index (χ0) is 12.7. The van der Waals surface area contributed by atoms with Crippen LogP contribution in [-0.4, -0.2) is 30.6 Å². The number of unbranched alkanes of at least 4 members (excludes halogenated alkanes) is 1. The summed E-state index contributed by atoms with van der Waals surface area (Å²) in [6.07, 6.45) is 2.16. The van der Waals surface area contributed by atoms with Crippen LogP contribution < -0.4 is 10.6 Å². The third-order valence-corrected chi connectivity index (χ3v) is 2.69. The van der Waals surface area contributed by atoms with E-state index in [4.69, 9.17) is 16.2 Å². The topological polar surface area (TPSA) is 73.3 Å². The number of para-hydroxylation sites is 1. The van der Waals surface area contributed by atoms with Gasteiger partial charge in [-0.3, -0.25) is 5.41 Å². The fourth-order valence-electron chi connectivity index (χ4n) is 1.80. The van der Waals surface area contributed by atoms with Gasteiger partial charge in [-0.1, -0.05) is 25.5 Å². The normalized spacial score (nSPS) is 10.2. The molecule has 0 aromatic heterocycles. The summed E-state index contributed by atoms with van der Waals surface area (Å²) in [6.45, 7) is 3.69. The quantitative estimate of drug-likeness (QED) is 0.496. The first-order valence-corrected chi connectivity index (χ1v) is 6.00. The number of aliphatic hydroxyl groups excluding tert-OH is 1. The predicted molar refractivity (Wildman–Crippen MR) is 71.7 cm³/mol. The Morgan fingerprint density at radius 3 is 2.65 bits per heavy atom. The zero-order valence-electron chi connectivity index (χ0n) is 10.3. The summed E-state index contributed by atoms with van der Waals surface area (Å²) in [5, 5.41) is 16.7. The van der Waals surface area contributed by atoms with Crippen LogP contribution in [0.3, 0.4) is 0 Å². The Hall–Kier alpha value is -1.55. The molecule has 0 amide bonds. The number of rotatable bonds is 7. The molecule has 94 valence electrons. The Kier molecular flexibility index (Phi) is 5.49. The van der Waals surface area contributed by atoms with Gasteiger partial charge in [0.05, 0.1) is 6.61 Å². The number of anilines is 1. The van der Waals surface area contributed by atoms with Crippen molar-refractivity contribution in [3.63, 3.8) is 0 Å². The van der Waals surface area contributed by atoms with Crippen LogP contribution in [0.25, 0.3) is 0 Å². The van der Waals surface area contributed by atoms with Gasteiger partial charge in [0.25, 0.3) is 0 Å². The number of nitrogen functional groups attached to an aromatic ring is 1. The minimum atomic E-state index is 0.0695. The molecule has 0 heterocycles. The van der Waals surface area contributed by atoms with E-state index in [1.54, 1.807) is 0 Å². The van der Waals surface area contributed by atoms with Crippen LogP contribution in [-0.2, 0) is 0 Å². The molecule has 0 fully saturated rings.